The molecule has 8 nitrogen and oxygen atoms in total. The molecule has 1 fully saturated rings. The number of aromatic amines is 2. The number of para-hydroxylation sites is 1. The van der Waals surface area contributed by atoms with Crippen molar-refractivity contribution in [2.45, 2.75) is 50.8 Å². The molecule has 1 aliphatic carbocycles. The van der Waals surface area contributed by atoms with Crippen LogP contribution in [-0.2, 0) is 13.0 Å². The first-order valence-corrected chi connectivity index (χ1v) is 10.9. The van der Waals surface area contributed by atoms with E-state index in [0.717, 1.165) is 41.4 Å². The van der Waals surface area contributed by atoms with E-state index in [2.05, 4.69) is 15.2 Å². The largest absolute Gasteiger partial charge is 0.391 e. The third-order valence-electron chi connectivity index (χ3n) is 6.70. The van der Waals surface area contributed by atoms with Crippen LogP contribution in [0.2, 0.25) is 0 Å². The molecule has 0 unspecified atom stereocenters. The molecule has 5 rings (SSSR count). The molecule has 0 saturated heterocycles. The van der Waals surface area contributed by atoms with Gasteiger partial charge < -0.3 is 19.9 Å². The second-order valence-electron chi connectivity index (χ2n) is 8.61. The molecular weight excluding hydrogens is 394 g/mol. The standard InChI is InChI=1S/C23H27N5O3/c1-27(19-8-4-5-9-20(19)29)23(31)21-15-13-28(11-10-17(15)25-26-21)22(30)18-12-14-6-2-3-7-16(14)24-18/h2-3,6-7,12,19-20,24,29H,4-5,8-11,13H2,1H3,(H,25,26)/t19-,20+/m1/s1. The van der Waals surface area contributed by atoms with Gasteiger partial charge in [0, 0.05) is 42.2 Å². The Morgan fingerprint density at radius 1 is 1.23 bits per heavy atom. The van der Waals surface area contributed by atoms with Gasteiger partial charge in [0.2, 0.25) is 0 Å². The SMILES string of the molecule is CN(C(=O)c1n[nH]c2c1CN(C(=O)c1cc3ccccc3[nH]1)CC2)[C@@H]1CCCC[C@@H]1O. The molecule has 8 heteroatoms. The van der Waals surface area contributed by atoms with Crippen molar-refractivity contribution in [3.05, 3.63) is 53.0 Å². The highest BCUT2D eigenvalue weighted by molar-refractivity contribution is 5.98. The highest BCUT2D eigenvalue weighted by Crippen LogP contribution is 2.27. The van der Waals surface area contributed by atoms with Gasteiger partial charge in [-0.05, 0) is 25.0 Å². The summed E-state index contributed by atoms with van der Waals surface area (Å²) in [7, 11) is 1.73. The van der Waals surface area contributed by atoms with E-state index in [1.807, 2.05) is 30.3 Å². The molecule has 0 spiro atoms. The van der Waals surface area contributed by atoms with Gasteiger partial charge in [-0.2, -0.15) is 5.10 Å². The Morgan fingerprint density at radius 3 is 2.84 bits per heavy atom. The number of carbonyl (C=O) groups excluding carboxylic acids is 2. The Hall–Kier alpha value is -3.13. The molecule has 0 bridgehead atoms. The van der Waals surface area contributed by atoms with Gasteiger partial charge in [-0.15, -0.1) is 0 Å². The second kappa shape index (κ2) is 7.85. The van der Waals surface area contributed by atoms with Gasteiger partial charge in [0.1, 0.15) is 5.69 Å². The molecule has 1 aromatic carbocycles. The van der Waals surface area contributed by atoms with Gasteiger partial charge in [-0.1, -0.05) is 31.0 Å². The number of aromatic nitrogens is 3. The summed E-state index contributed by atoms with van der Waals surface area (Å²) < 4.78 is 0. The Labute approximate surface area is 180 Å². The monoisotopic (exact) mass is 421 g/mol. The molecular formula is C23H27N5O3. The Morgan fingerprint density at radius 2 is 2.03 bits per heavy atom. The summed E-state index contributed by atoms with van der Waals surface area (Å²) in [4.78, 5) is 32.9. The van der Waals surface area contributed by atoms with Crippen molar-refractivity contribution in [1.29, 1.82) is 0 Å². The van der Waals surface area contributed by atoms with E-state index in [4.69, 9.17) is 0 Å². The minimum atomic E-state index is -0.502. The number of H-pyrrole nitrogens is 2. The van der Waals surface area contributed by atoms with Crippen molar-refractivity contribution in [3.63, 3.8) is 0 Å². The molecule has 162 valence electrons. The highest BCUT2D eigenvalue weighted by atomic mass is 16.3. The number of hydrogen-bond donors (Lipinski definition) is 3. The van der Waals surface area contributed by atoms with Crippen LogP contribution in [0.1, 0.15) is 57.9 Å². The molecule has 31 heavy (non-hydrogen) atoms. The molecule has 3 heterocycles. The lowest BCUT2D eigenvalue weighted by Gasteiger charge is -2.35. The number of aliphatic hydroxyl groups is 1. The lowest BCUT2D eigenvalue weighted by Crippen LogP contribution is -2.46. The van der Waals surface area contributed by atoms with Crippen LogP contribution in [0.5, 0.6) is 0 Å². The van der Waals surface area contributed by atoms with Crippen molar-refractivity contribution in [2.24, 2.45) is 0 Å². The van der Waals surface area contributed by atoms with Gasteiger partial charge in [0.25, 0.3) is 11.8 Å². The van der Waals surface area contributed by atoms with Gasteiger partial charge in [-0.25, -0.2) is 0 Å². The Balaban J connectivity index is 1.37. The predicted molar refractivity (Wildman–Crippen MR) is 116 cm³/mol. The topological polar surface area (TPSA) is 105 Å². The fourth-order valence-corrected chi connectivity index (χ4v) is 4.87. The highest BCUT2D eigenvalue weighted by Gasteiger charge is 2.34. The van der Waals surface area contributed by atoms with Crippen LogP contribution in [0.25, 0.3) is 10.9 Å². The van der Waals surface area contributed by atoms with Gasteiger partial charge in [0.15, 0.2) is 5.69 Å². The molecule has 1 saturated carbocycles. The van der Waals surface area contributed by atoms with Crippen molar-refractivity contribution in [2.75, 3.05) is 13.6 Å². The molecule has 2 aromatic heterocycles. The van der Waals surface area contributed by atoms with Gasteiger partial charge in [0.05, 0.1) is 18.7 Å². The third kappa shape index (κ3) is 3.50. The van der Waals surface area contributed by atoms with E-state index in [-0.39, 0.29) is 17.9 Å². The first-order chi connectivity index (χ1) is 15.0. The number of amides is 2. The van der Waals surface area contributed by atoms with Crippen LogP contribution in [0, 0.1) is 0 Å². The molecule has 2 amide bonds. The van der Waals surface area contributed by atoms with Crippen molar-refractivity contribution in [3.8, 4) is 0 Å². The fraction of sp³-hybridized carbons (Fsp3) is 0.435. The van der Waals surface area contributed by atoms with Gasteiger partial charge in [-0.3, -0.25) is 14.7 Å². The van der Waals surface area contributed by atoms with Crippen molar-refractivity contribution in [1.82, 2.24) is 25.0 Å². The number of hydrogen-bond acceptors (Lipinski definition) is 4. The van der Waals surface area contributed by atoms with Crippen LogP contribution in [-0.4, -0.2) is 67.6 Å². The molecule has 1 aliphatic heterocycles. The maximum atomic E-state index is 13.2. The number of fused-ring (bicyclic) bond motifs is 2. The number of benzene rings is 1. The van der Waals surface area contributed by atoms with Crippen LogP contribution in [0.4, 0.5) is 0 Å². The van der Waals surface area contributed by atoms with Crippen LogP contribution in [0.3, 0.4) is 0 Å². The molecule has 3 aromatic rings. The van der Waals surface area contributed by atoms with Gasteiger partial charge >= 0.3 is 0 Å². The quantitative estimate of drug-likeness (QED) is 0.604. The first kappa shape index (κ1) is 19.8. The normalized spacial score (nSPS) is 21.2. The number of likely N-dealkylation sites (N-methyl/N-ethyl adjacent to an activating group) is 1. The summed E-state index contributed by atoms with van der Waals surface area (Å²) >= 11 is 0. The zero-order valence-electron chi connectivity index (χ0n) is 17.6. The first-order valence-electron chi connectivity index (χ1n) is 10.9. The van der Waals surface area contributed by atoms with E-state index in [0.29, 0.717) is 37.3 Å². The van der Waals surface area contributed by atoms with Crippen molar-refractivity contribution >= 4 is 22.7 Å². The minimum Gasteiger partial charge on any atom is -0.391 e. The second-order valence-corrected chi connectivity index (χ2v) is 8.61. The zero-order valence-corrected chi connectivity index (χ0v) is 17.6. The summed E-state index contributed by atoms with van der Waals surface area (Å²) in [5, 5.41) is 18.6. The van der Waals surface area contributed by atoms with E-state index < -0.39 is 6.10 Å². The Bertz CT molecular complexity index is 1100. The maximum Gasteiger partial charge on any atom is 0.274 e. The molecule has 3 N–H and O–H groups in total. The number of nitrogens with one attached hydrogen (secondary N) is 2. The summed E-state index contributed by atoms with van der Waals surface area (Å²) in [5.41, 5.74) is 3.50. The van der Waals surface area contributed by atoms with Crippen molar-refractivity contribution < 1.29 is 14.7 Å². The summed E-state index contributed by atoms with van der Waals surface area (Å²) in [6, 6.07) is 9.47. The Kier molecular flexibility index (Phi) is 5.02. The predicted octanol–water partition coefficient (Wildman–Crippen LogP) is 2.47. The summed E-state index contributed by atoms with van der Waals surface area (Å²) in [6.45, 7) is 0.899. The van der Waals surface area contributed by atoms with Crippen LogP contribution in [0.15, 0.2) is 30.3 Å². The molecule has 0 radical (unpaired) electrons. The van der Waals surface area contributed by atoms with Crippen LogP contribution >= 0.6 is 0 Å². The average molecular weight is 422 g/mol. The number of aliphatic hydroxyl groups excluding tert-OH is 1. The van der Waals surface area contributed by atoms with E-state index >= 15 is 0 Å². The maximum absolute atomic E-state index is 13.2. The molecule has 2 aliphatic rings. The van der Waals surface area contributed by atoms with E-state index in [1.54, 1.807) is 16.8 Å². The lowest BCUT2D eigenvalue weighted by molar-refractivity contribution is 0.0263. The fourth-order valence-electron chi connectivity index (χ4n) is 4.87. The third-order valence-corrected chi connectivity index (χ3v) is 6.70. The lowest BCUT2D eigenvalue weighted by atomic mass is 9.91. The summed E-state index contributed by atoms with van der Waals surface area (Å²) in [5.74, 6) is -0.291. The average Bonchev–Trinajstić information content (AvgIpc) is 3.41. The zero-order chi connectivity index (χ0) is 21.5. The number of carbonyl (C=O) groups is 2. The van der Waals surface area contributed by atoms with E-state index in [9.17, 15) is 14.7 Å². The van der Waals surface area contributed by atoms with E-state index in [1.165, 1.54) is 0 Å². The molecule has 2 atom stereocenters. The minimum absolute atomic E-state index is 0.0856. The van der Waals surface area contributed by atoms with Crippen LogP contribution < -0.4 is 0 Å². The summed E-state index contributed by atoms with van der Waals surface area (Å²) in [6.07, 6.45) is 3.62. The smallest absolute Gasteiger partial charge is 0.274 e. The number of rotatable bonds is 3. The number of nitrogens with zero attached hydrogens (tertiary/aromatic N) is 3.